The summed E-state index contributed by atoms with van der Waals surface area (Å²) >= 11 is 0. The Kier molecular flexibility index (Phi) is 6.33. The summed E-state index contributed by atoms with van der Waals surface area (Å²) < 4.78 is 12.9. The topological polar surface area (TPSA) is 106 Å². The maximum atomic E-state index is 13.1. The van der Waals surface area contributed by atoms with E-state index in [1.165, 1.54) is 0 Å². The zero-order valence-corrected chi connectivity index (χ0v) is 20.1. The molecule has 4 aromatic heterocycles. The average molecular weight is 473 g/mol. The van der Waals surface area contributed by atoms with Crippen molar-refractivity contribution in [3.8, 4) is 0 Å². The van der Waals surface area contributed by atoms with Crippen LogP contribution in [-0.4, -0.2) is 30.1 Å². The van der Waals surface area contributed by atoms with E-state index in [9.17, 15) is 4.79 Å². The highest BCUT2D eigenvalue weighted by molar-refractivity contribution is 5.82. The highest BCUT2D eigenvalue weighted by atomic mass is 16.3. The third-order valence-electron chi connectivity index (χ3n) is 6.25. The van der Waals surface area contributed by atoms with Crippen molar-refractivity contribution in [1.29, 1.82) is 0 Å². The Morgan fingerprint density at radius 1 is 1.06 bits per heavy atom. The Morgan fingerprint density at radius 3 is 2.54 bits per heavy atom. The second kappa shape index (κ2) is 9.71. The highest BCUT2D eigenvalue weighted by Crippen LogP contribution is 2.27. The van der Waals surface area contributed by atoms with E-state index >= 15 is 0 Å². The number of hydrogen-bond donors (Lipinski definition) is 1. The second-order valence-corrected chi connectivity index (χ2v) is 8.85. The summed E-state index contributed by atoms with van der Waals surface area (Å²) in [6.45, 7) is 7.50. The first-order valence-electron chi connectivity index (χ1n) is 11.7. The first-order chi connectivity index (χ1) is 17.0. The number of fused-ring (bicyclic) bond motifs is 1. The molecule has 0 spiro atoms. The molecule has 9 nitrogen and oxygen atoms in total. The van der Waals surface area contributed by atoms with Gasteiger partial charge in [0.2, 0.25) is 0 Å². The molecular formula is C26H28N6O3. The minimum absolute atomic E-state index is 0.0982. The predicted octanol–water partition coefficient (Wildman–Crippen LogP) is 4.52. The van der Waals surface area contributed by atoms with Gasteiger partial charge in [0.05, 0.1) is 30.6 Å². The van der Waals surface area contributed by atoms with Gasteiger partial charge < -0.3 is 13.8 Å². The van der Waals surface area contributed by atoms with Gasteiger partial charge in [-0.25, -0.2) is 4.68 Å². The fourth-order valence-electron chi connectivity index (χ4n) is 4.66. The Hall–Kier alpha value is -3.98. The van der Waals surface area contributed by atoms with Gasteiger partial charge in [0, 0.05) is 12.1 Å². The second-order valence-electron chi connectivity index (χ2n) is 8.85. The van der Waals surface area contributed by atoms with E-state index in [1.54, 1.807) is 17.2 Å². The van der Waals surface area contributed by atoms with E-state index < -0.39 is 0 Å². The van der Waals surface area contributed by atoms with E-state index in [0.717, 1.165) is 40.0 Å². The number of pyridine rings is 1. The van der Waals surface area contributed by atoms with Crippen molar-refractivity contribution in [2.75, 3.05) is 0 Å². The van der Waals surface area contributed by atoms with Crippen LogP contribution in [0.25, 0.3) is 10.9 Å². The van der Waals surface area contributed by atoms with Gasteiger partial charge in [-0.3, -0.25) is 9.69 Å². The molecule has 4 heterocycles. The Balaban J connectivity index is 1.52. The molecule has 0 aliphatic heterocycles. The summed E-state index contributed by atoms with van der Waals surface area (Å²) in [6.07, 6.45) is 4.03. The van der Waals surface area contributed by atoms with Crippen molar-refractivity contribution in [2.45, 2.75) is 52.9 Å². The van der Waals surface area contributed by atoms with Gasteiger partial charge in [-0.2, -0.15) is 0 Å². The summed E-state index contributed by atoms with van der Waals surface area (Å²) in [6, 6.07) is 13.5. The fourth-order valence-corrected chi connectivity index (χ4v) is 4.66. The molecule has 0 radical (unpaired) electrons. The van der Waals surface area contributed by atoms with Crippen molar-refractivity contribution in [3.63, 3.8) is 0 Å². The number of H-pyrrole nitrogens is 1. The van der Waals surface area contributed by atoms with Crippen molar-refractivity contribution in [2.24, 2.45) is 0 Å². The number of benzene rings is 1. The Bertz CT molecular complexity index is 1470. The maximum Gasteiger partial charge on any atom is 0.252 e. The Labute approximate surface area is 202 Å². The van der Waals surface area contributed by atoms with E-state index in [2.05, 4.69) is 51.4 Å². The number of aryl methyl sites for hydroxylation is 2. The molecule has 1 N–H and O–H groups in total. The lowest BCUT2D eigenvalue weighted by atomic mass is 10.0. The van der Waals surface area contributed by atoms with Crippen LogP contribution in [0, 0.1) is 13.8 Å². The van der Waals surface area contributed by atoms with Crippen LogP contribution >= 0.6 is 0 Å². The van der Waals surface area contributed by atoms with E-state index in [4.69, 9.17) is 8.83 Å². The van der Waals surface area contributed by atoms with Gasteiger partial charge in [-0.05, 0) is 78.0 Å². The summed E-state index contributed by atoms with van der Waals surface area (Å²) in [4.78, 5) is 18.4. The molecule has 1 unspecified atom stereocenters. The number of aromatic amines is 1. The number of furan rings is 2. The number of hydrogen-bond acceptors (Lipinski definition) is 7. The molecule has 5 rings (SSSR count). The standard InChI is InChI=1S/C26H28N6O3/c1-4-23(25-28-29-30-32(25)16-22-8-6-10-35-22)31(15-21-7-5-9-34-21)14-20-13-19-12-17(2)11-18(3)24(19)27-26(20)33/h5-13,23H,4,14-16H2,1-3H3,(H,27,33). The largest absolute Gasteiger partial charge is 0.468 e. The molecule has 5 aromatic rings. The lowest BCUT2D eigenvalue weighted by Crippen LogP contribution is -2.32. The van der Waals surface area contributed by atoms with Gasteiger partial charge in [-0.1, -0.05) is 18.6 Å². The monoisotopic (exact) mass is 472 g/mol. The number of tetrazole rings is 1. The van der Waals surface area contributed by atoms with E-state index in [-0.39, 0.29) is 11.6 Å². The van der Waals surface area contributed by atoms with Crippen molar-refractivity contribution >= 4 is 10.9 Å². The quantitative estimate of drug-likeness (QED) is 0.336. The zero-order valence-electron chi connectivity index (χ0n) is 20.1. The molecule has 0 aliphatic rings. The van der Waals surface area contributed by atoms with Crippen LogP contribution in [0.4, 0.5) is 0 Å². The van der Waals surface area contributed by atoms with Gasteiger partial charge in [-0.15, -0.1) is 5.10 Å². The van der Waals surface area contributed by atoms with Crippen LogP contribution in [0.1, 0.15) is 53.4 Å². The molecule has 0 bridgehead atoms. The average Bonchev–Trinajstić information content (AvgIpc) is 3.60. The van der Waals surface area contributed by atoms with E-state index in [1.807, 2.05) is 37.3 Å². The molecular weight excluding hydrogens is 444 g/mol. The fraction of sp³-hybridized carbons (Fsp3) is 0.308. The molecule has 0 amide bonds. The highest BCUT2D eigenvalue weighted by Gasteiger charge is 2.27. The number of aromatic nitrogens is 5. The molecule has 9 heteroatoms. The first kappa shape index (κ1) is 22.8. The Morgan fingerprint density at radius 2 is 1.83 bits per heavy atom. The number of nitrogens with one attached hydrogen (secondary N) is 1. The SMILES string of the molecule is CCC(c1nnnn1Cc1ccco1)N(Cc1ccco1)Cc1cc2cc(C)cc(C)c2[nH]c1=O. The summed E-state index contributed by atoms with van der Waals surface area (Å²) in [5.41, 5.74) is 3.66. The molecule has 0 saturated carbocycles. The smallest absolute Gasteiger partial charge is 0.252 e. The maximum absolute atomic E-state index is 13.1. The van der Waals surface area contributed by atoms with Gasteiger partial charge in [0.15, 0.2) is 5.82 Å². The van der Waals surface area contributed by atoms with E-state index in [0.29, 0.717) is 31.0 Å². The molecule has 0 aliphatic carbocycles. The number of rotatable bonds is 9. The third-order valence-corrected chi connectivity index (χ3v) is 6.25. The molecule has 1 aromatic carbocycles. The summed E-state index contributed by atoms with van der Waals surface area (Å²) in [5.74, 6) is 2.28. The van der Waals surface area contributed by atoms with Crippen LogP contribution in [0.2, 0.25) is 0 Å². The molecule has 180 valence electrons. The van der Waals surface area contributed by atoms with Gasteiger partial charge in [0.25, 0.3) is 5.56 Å². The third kappa shape index (κ3) is 4.81. The van der Waals surface area contributed by atoms with Crippen molar-refractivity contribution in [3.05, 3.63) is 99.4 Å². The molecule has 0 saturated heterocycles. The molecule has 1 atom stereocenters. The van der Waals surface area contributed by atoms with Crippen LogP contribution < -0.4 is 5.56 Å². The minimum atomic E-state index is -0.153. The lowest BCUT2D eigenvalue weighted by Gasteiger charge is -2.29. The zero-order chi connectivity index (χ0) is 24.4. The van der Waals surface area contributed by atoms with Crippen LogP contribution in [-0.2, 0) is 19.6 Å². The van der Waals surface area contributed by atoms with Crippen molar-refractivity contribution < 1.29 is 8.83 Å². The first-order valence-corrected chi connectivity index (χ1v) is 11.7. The van der Waals surface area contributed by atoms with Crippen LogP contribution in [0.3, 0.4) is 0 Å². The van der Waals surface area contributed by atoms with Gasteiger partial charge >= 0.3 is 0 Å². The summed E-state index contributed by atoms with van der Waals surface area (Å²) in [5, 5.41) is 13.5. The number of nitrogens with zero attached hydrogens (tertiary/aromatic N) is 5. The predicted molar refractivity (Wildman–Crippen MR) is 131 cm³/mol. The van der Waals surface area contributed by atoms with Crippen molar-refractivity contribution in [1.82, 2.24) is 30.1 Å². The molecule has 35 heavy (non-hydrogen) atoms. The van der Waals surface area contributed by atoms with Crippen LogP contribution in [0.15, 0.2) is 68.6 Å². The minimum Gasteiger partial charge on any atom is -0.468 e. The lowest BCUT2D eigenvalue weighted by molar-refractivity contribution is 0.149. The summed E-state index contributed by atoms with van der Waals surface area (Å²) in [7, 11) is 0. The van der Waals surface area contributed by atoms with Gasteiger partial charge in [0.1, 0.15) is 18.1 Å². The normalized spacial score (nSPS) is 12.6. The van der Waals surface area contributed by atoms with Crippen LogP contribution in [0.5, 0.6) is 0 Å². The molecule has 0 fully saturated rings.